The number of rotatable bonds is 5. The average molecular weight is 390 g/mol. The van der Waals surface area contributed by atoms with E-state index in [0.717, 1.165) is 35.6 Å². The van der Waals surface area contributed by atoms with Gasteiger partial charge in [-0.05, 0) is 42.8 Å². The molecule has 134 valence electrons. The van der Waals surface area contributed by atoms with Gasteiger partial charge in [-0.2, -0.15) is 0 Å². The second-order valence-electron chi connectivity index (χ2n) is 6.15. The van der Waals surface area contributed by atoms with Crippen molar-refractivity contribution in [2.24, 2.45) is 4.99 Å². The molecule has 0 aliphatic carbocycles. The number of amides is 1. The molecule has 0 saturated heterocycles. The predicted octanol–water partition coefficient (Wildman–Crippen LogP) is 2.71. The number of halogens is 2. The molecule has 0 radical (unpaired) electrons. The van der Waals surface area contributed by atoms with Crippen LogP contribution in [0.25, 0.3) is 0 Å². The Bertz CT molecular complexity index is 899. The standard InChI is InChI=1S/C18H17Cl2N5O/c19-12-5-4-10(8-13(12)20)6-7-21-9-15-22-14-3-1-2-11-16(14)17(23-15)24-25-18(11)26/h1-5,8,17,21,24H,6-7,9H2,(H,22,23)(H,25,26). The maximum Gasteiger partial charge on any atom is 0.265 e. The summed E-state index contributed by atoms with van der Waals surface area (Å²) in [4.78, 5) is 16.5. The largest absolute Gasteiger partial charge is 0.352 e. The average Bonchev–Trinajstić information content (AvgIpc) is 2.64. The highest BCUT2D eigenvalue weighted by Crippen LogP contribution is 2.32. The number of carbonyl (C=O) groups excluding carboxylic acids is 1. The van der Waals surface area contributed by atoms with Crippen LogP contribution in [0.15, 0.2) is 41.4 Å². The summed E-state index contributed by atoms with van der Waals surface area (Å²) in [5.74, 6) is 0.677. The van der Waals surface area contributed by atoms with Gasteiger partial charge in [0.2, 0.25) is 0 Å². The number of aliphatic imine (C=N–C) groups is 1. The molecule has 2 heterocycles. The fourth-order valence-electron chi connectivity index (χ4n) is 3.11. The van der Waals surface area contributed by atoms with Gasteiger partial charge < -0.3 is 10.6 Å². The van der Waals surface area contributed by atoms with E-state index in [4.69, 9.17) is 23.2 Å². The van der Waals surface area contributed by atoms with E-state index in [1.807, 2.05) is 30.3 Å². The maximum absolute atomic E-state index is 11.9. The lowest BCUT2D eigenvalue weighted by Crippen LogP contribution is -2.54. The summed E-state index contributed by atoms with van der Waals surface area (Å²) in [6.45, 7) is 1.37. The minimum Gasteiger partial charge on any atom is -0.352 e. The number of benzene rings is 2. The third kappa shape index (κ3) is 3.41. The Morgan fingerprint density at radius 3 is 2.88 bits per heavy atom. The third-order valence-electron chi connectivity index (χ3n) is 4.38. The Hall–Kier alpha value is -2.12. The van der Waals surface area contributed by atoms with Crippen LogP contribution >= 0.6 is 23.2 Å². The van der Waals surface area contributed by atoms with Crippen LogP contribution in [0, 0.1) is 0 Å². The van der Waals surface area contributed by atoms with Crippen molar-refractivity contribution < 1.29 is 4.79 Å². The number of nitrogens with zero attached hydrogens (tertiary/aromatic N) is 1. The first kappa shape index (κ1) is 17.3. The Labute approximate surface area is 160 Å². The summed E-state index contributed by atoms with van der Waals surface area (Å²) in [7, 11) is 0. The van der Waals surface area contributed by atoms with Crippen molar-refractivity contribution in [1.29, 1.82) is 0 Å². The second-order valence-corrected chi connectivity index (χ2v) is 6.96. The Morgan fingerprint density at radius 1 is 1.15 bits per heavy atom. The van der Waals surface area contributed by atoms with Gasteiger partial charge >= 0.3 is 0 Å². The molecule has 0 bridgehead atoms. The van der Waals surface area contributed by atoms with E-state index < -0.39 is 0 Å². The van der Waals surface area contributed by atoms with E-state index in [2.05, 4.69) is 26.5 Å². The van der Waals surface area contributed by atoms with Crippen LogP contribution in [0.3, 0.4) is 0 Å². The fraction of sp³-hybridized carbons (Fsp3) is 0.222. The molecule has 0 fully saturated rings. The molecule has 0 spiro atoms. The first-order valence-corrected chi connectivity index (χ1v) is 9.05. The molecule has 2 aliphatic heterocycles. The molecular weight excluding hydrogens is 373 g/mol. The first-order valence-electron chi connectivity index (χ1n) is 8.29. The smallest absolute Gasteiger partial charge is 0.265 e. The highest BCUT2D eigenvalue weighted by molar-refractivity contribution is 6.42. The van der Waals surface area contributed by atoms with Gasteiger partial charge in [-0.1, -0.05) is 35.3 Å². The number of hydrogen-bond acceptors (Lipinski definition) is 5. The molecule has 26 heavy (non-hydrogen) atoms. The lowest BCUT2D eigenvalue weighted by atomic mass is 9.99. The van der Waals surface area contributed by atoms with E-state index in [9.17, 15) is 4.79 Å². The normalized spacial score (nSPS) is 17.8. The summed E-state index contributed by atoms with van der Waals surface area (Å²) in [5.41, 5.74) is 9.12. The van der Waals surface area contributed by atoms with Crippen molar-refractivity contribution in [2.75, 3.05) is 13.1 Å². The minimum absolute atomic E-state index is 0.140. The van der Waals surface area contributed by atoms with Gasteiger partial charge in [-0.15, -0.1) is 0 Å². The Balaban J connectivity index is 1.39. The molecule has 1 atom stereocenters. The van der Waals surface area contributed by atoms with Crippen LogP contribution in [0.5, 0.6) is 0 Å². The third-order valence-corrected chi connectivity index (χ3v) is 5.12. The zero-order valence-corrected chi connectivity index (χ0v) is 15.3. The first-order chi connectivity index (χ1) is 12.6. The molecule has 2 aliphatic rings. The molecule has 0 saturated carbocycles. The molecule has 8 heteroatoms. The van der Waals surface area contributed by atoms with Crippen molar-refractivity contribution in [3.8, 4) is 0 Å². The second kappa shape index (κ2) is 7.25. The summed E-state index contributed by atoms with van der Waals surface area (Å²) in [6, 6.07) is 11.2. The predicted molar refractivity (Wildman–Crippen MR) is 103 cm³/mol. The van der Waals surface area contributed by atoms with Crippen molar-refractivity contribution in [3.63, 3.8) is 0 Å². The number of nitrogens with one attached hydrogen (secondary N) is 4. The number of hydrogen-bond donors (Lipinski definition) is 4. The van der Waals surface area contributed by atoms with Crippen LogP contribution < -0.4 is 21.5 Å². The molecule has 1 unspecified atom stereocenters. The highest BCUT2D eigenvalue weighted by Gasteiger charge is 2.30. The lowest BCUT2D eigenvalue weighted by Gasteiger charge is -2.32. The molecule has 4 rings (SSSR count). The van der Waals surface area contributed by atoms with Crippen LogP contribution in [0.2, 0.25) is 10.0 Å². The Kier molecular flexibility index (Phi) is 4.82. The molecule has 0 aromatic heterocycles. The van der Waals surface area contributed by atoms with Gasteiger partial charge in [0.15, 0.2) is 0 Å². The van der Waals surface area contributed by atoms with Crippen molar-refractivity contribution in [3.05, 3.63) is 63.1 Å². The van der Waals surface area contributed by atoms with Crippen LogP contribution in [-0.2, 0) is 6.42 Å². The summed E-state index contributed by atoms with van der Waals surface area (Å²) >= 11 is 12.0. The van der Waals surface area contributed by atoms with Crippen LogP contribution in [0.4, 0.5) is 5.69 Å². The van der Waals surface area contributed by atoms with Gasteiger partial charge in [0.25, 0.3) is 5.91 Å². The van der Waals surface area contributed by atoms with E-state index in [0.29, 0.717) is 22.2 Å². The Morgan fingerprint density at radius 2 is 2.04 bits per heavy atom. The monoisotopic (exact) mass is 389 g/mol. The fourth-order valence-corrected chi connectivity index (χ4v) is 3.43. The zero-order chi connectivity index (χ0) is 18.1. The van der Waals surface area contributed by atoms with Gasteiger partial charge in [0, 0.05) is 11.1 Å². The molecular formula is C18H17Cl2N5O. The number of amidine groups is 1. The lowest BCUT2D eigenvalue weighted by molar-refractivity contribution is 0.0904. The van der Waals surface area contributed by atoms with E-state index >= 15 is 0 Å². The molecule has 2 aromatic carbocycles. The van der Waals surface area contributed by atoms with Crippen LogP contribution in [-0.4, -0.2) is 24.8 Å². The van der Waals surface area contributed by atoms with E-state index in [1.54, 1.807) is 6.07 Å². The van der Waals surface area contributed by atoms with Crippen molar-refractivity contribution in [1.82, 2.24) is 21.5 Å². The van der Waals surface area contributed by atoms with E-state index in [-0.39, 0.29) is 12.1 Å². The quantitative estimate of drug-likeness (QED) is 0.593. The van der Waals surface area contributed by atoms with Crippen molar-refractivity contribution in [2.45, 2.75) is 12.6 Å². The molecule has 6 nitrogen and oxygen atoms in total. The van der Waals surface area contributed by atoms with Gasteiger partial charge in [0.1, 0.15) is 12.0 Å². The summed E-state index contributed by atoms with van der Waals surface area (Å²) < 4.78 is 0. The summed E-state index contributed by atoms with van der Waals surface area (Å²) in [5, 5.41) is 7.81. The number of carbonyl (C=O) groups is 1. The van der Waals surface area contributed by atoms with Gasteiger partial charge in [-0.25, -0.2) is 10.4 Å². The SMILES string of the molecule is O=C1NNC2NC(CNCCc3ccc(Cl)c(Cl)c3)=Nc3cccc1c32. The minimum atomic E-state index is -0.178. The number of hydrazine groups is 1. The molecule has 2 aromatic rings. The highest BCUT2D eigenvalue weighted by atomic mass is 35.5. The van der Waals surface area contributed by atoms with E-state index in [1.165, 1.54) is 0 Å². The maximum atomic E-state index is 11.9. The van der Waals surface area contributed by atoms with Gasteiger partial charge in [-0.3, -0.25) is 10.2 Å². The van der Waals surface area contributed by atoms with Crippen LogP contribution in [0.1, 0.15) is 27.7 Å². The molecule has 4 N–H and O–H groups in total. The van der Waals surface area contributed by atoms with Gasteiger partial charge in [0.05, 0.1) is 22.3 Å². The topological polar surface area (TPSA) is 77.5 Å². The molecule has 1 amide bonds. The summed E-state index contributed by atoms with van der Waals surface area (Å²) in [6.07, 6.45) is 0.658. The zero-order valence-electron chi connectivity index (χ0n) is 13.8. The van der Waals surface area contributed by atoms with Crippen molar-refractivity contribution >= 4 is 40.6 Å².